The lowest BCUT2D eigenvalue weighted by Crippen LogP contribution is -2.17. The number of rotatable bonds is 6. The van der Waals surface area contributed by atoms with Crippen molar-refractivity contribution in [1.29, 1.82) is 0 Å². The second kappa shape index (κ2) is 5.71. The topological polar surface area (TPSA) is 109 Å². The molecule has 1 unspecified atom stereocenters. The Morgan fingerprint density at radius 1 is 1.28 bits per heavy atom. The summed E-state index contributed by atoms with van der Waals surface area (Å²) in [6, 6.07) is 1.24. The van der Waals surface area contributed by atoms with Gasteiger partial charge in [-0.2, -0.15) is 4.98 Å². The lowest BCUT2D eigenvalue weighted by Gasteiger charge is -2.02. The van der Waals surface area contributed by atoms with Gasteiger partial charge in [-0.1, -0.05) is 10.3 Å². The van der Waals surface area contributed by atoms with Crippen molar-refractivity contribution >= 4 is 0 Å². The van der Waals surface area contributed by atoms with Crippen LogP contribution in [0.5, 0.6) is 0 Å². The zero-order valence-corrected chi connectivity index (χ0v) is 10.1. The van der Waals surface area contributed by atoms with Gasteiger partial charge in [0.05, 0.1) is 12.6 Å². The van der Waals surface area contributed by atoms with Crippen molar-refractivity contribution in [3.05, 3.63) is 17.7 Å². The SMILES string of the molecule is COCc1cc(-c2nc(C(N)COC)no2)no1. The van der Waals surface area contributed by atoms with Gasteiger partial charge < -0.3 is 24.3 Å². The summed E-state index contributed by atoms with van der Waals surface area (Å²) in [6.45, 7) is 0.643. The quantitative estimate of drug-likeness (QED) is 0.794. The molecule has 8 nitrogen and oxygen atoms in total. The number of nitrogens with two attached hydrogens (primary N) is 1. The maximum absolute atomic E-state index is 5.78. The molecule has 2 aromatic rings. The third-order valence-electron chi connectivity index (χ3n) is 2.18. The molecule has 2 aromatic heterocycles. The molecular weight excluding hydrogens is 240 g/mol. The number of hydrogen-bond acceptors (Lipinski definition) is 8. The molecule has 18 heavy (non-hydrogen) atoms. The third-order valence-corrected chi connectivity index (χ3v) is 2.18. The van der Waals surface area contributed by atoms with Gasteiger partial charge in [-0.25, -0.2) is 0 Å². The molecule has 2 rings (SSSR count). The molecule has 0 radical (unpaired) electrons. The Hall–Kier alpha value is -1.77. The molecule has 2 N–H and O–H groups in total. The fraction of sp³-hybridized carbons (Fsp3) is 0.500. The molecule has 0 aliphatic heterocycles. The van der Waals surface area contributed by atoms with Crippen LogP contribution in [-0.2, 0) is 16.1 Å². The minimum Gasteiger partial charge on any atom is -0.383 e. The Labute approximate surface area is 103 Å². The summed E-state index contributed by atoms with van der Waals surface area (Å²) in [5.41, 5.74) is 6.23. The second-order valence-corrected chi connectivity index (χ2v) is 3.63. The first-order valence-electron chi connectivity index (χ1n) is 5.27. The van der Waals surface area contributed by atoms with Crippen LogP contribution in [0.25, 0.3) is 11.6 Å². The summed E-state index contributed by atoms with van der Waals surface area (Å²) in [6.07, 6.45) is 0. The summed E-state index contributed by atoms with van der Waals surface area (Å²) < 4.78 is 19.9. The number of ether oxygens (including phenoxy) is 2. The molecule has 0 spiro atoms. The standard InChI is InChI=1S/C10H14N4O4/c1-15-4-6-3-8(13-17-6)10-12-9(14-18-10)7(11)5-16-2/h3,7H,4-5,11H2,1-2H3. The van der Waals surface area contributed by atoms with E-state index >= 15 is 0 Å². The first kappa shape index (κ1) is 12.7. The molecule has 2 heterocycles. The van der Waals surface area contributed by atoms with Gasteiger partial charge in [0.25, 0.3) is 5.89 Å². The van der Waals surface area contributed by atoms with E-state index < -0.39 is 6.04 Å². The van der Waals surface area contributed by atoms with E-state index in [0.29, 0.717) is 30.5 Å². The van der Waals surface area contributed by atoms with Crippen LogP contribution in [0, 0.1) is 0 Å². The van der Waals surface area contributed by atoms with E-state index in [2.05, 4.69) is 15.3 Å². The van der Waals surface area contributed by atoms with E-state index in [0.717, 1.165) is 0 Å². The molecule has 98 valence electrons. The first-order valence-corrected chi connectivity index (χ1v) is 5.27. The molecule has 0 fully saturated rings. The molecule has 0 saturated carbocycles. The summed E-state index contributed by atoms with van der Waals surface area (Å²) in [7, 11) is 3.12. The van der Waals surface area contributed by atoms with E-state index in [9.17, 15) is 0 Å². The van der Waals surface area contributed by atoms with Crippen LogP contribution in [0.2, 0.25) is 0 Å². The van der Waals surface area contributed by atoms with E-state index in [1.807, 2.05) is 0 Å². The molecule has 0 bridgehead atoms. The minimum atomic E-state index is -0.433. The zero-order chi connectivity index (χ0) is 13.0. The van der Waals surface area contributed by atoms with Gasteiger partial charge in [-0.15, -0.1) is 0 Å². The number of methoxy groups -OCH3 is 2. The van der Waals surface area contributed by atoms with Crippen molar-refractivity contribution in [2.75, 3.05) is 20.8 Å². The van der Waals surface area contributed by atoms with E-state index in [1.165, 1.54) is 0 Å². The van der Waals surface area contributed by atoms with Gasteiger partial charge >= 0.3 is 0 Å². The predicted octanol–water partition coefficient (Wildman–Crippen LogP) is 0.517. The largest absolute Gasteiger partial charge is 0.383 e. The van der Waals surface area contributed by atoms with Crippen molar-refractivity contribution in [3.8, 4) is 11.6 Å². The van der Waals surface area contributed by atoms with Crippen molar-refractivity contribution in [2.24, 2.45) is 5.73 Å². The van der Waals surface area contributed by atoms with E-state index in [4.69, 9.17) is 24.3 Å². The predicted molar refractivity (Wildman–Crippen MR) is 59.3 cm³/mol. The number of hydrogen-bond donors (Lipinski definition) is 1. The van der Waals surface area contributed by atoms with Crippen LogP contribution in [0.4, 0.5) is 0 Å². The first-order chi connectivity index (χ1) is 8.74. The molecule has 1 atom stereocenters. The lowest BCUT2D eigenvalue weighted by atomic mass is 10.3. The van der Waals surface area contributed by atoms with Gasteiger partial charge in [0.15, 0.2) is 17.3 Å². The van der Waals surface area contributed by atoms with Gasteiger partial charge in [-0.05, 0) is 0 Å². The Morgan fingerprint density at radius 3 is 2.83 bits per heavy atom. The maximum atomic E-state index is 5.78. The van der Waals surface area contributed by atoms with Crippen LogP contribution in [0.15, 0.2) is 15.1 Å². The fourth-order valence-corrected chi connectivity index (χ4v) is 1.37. The normalized spacial score (nSPS) is 12.8. The van der Waals surface area contributed by atoms with E-state index in [1.54, 1.807) is 20.3 Å². The van der Waals surface area contributed by atoms with Crippen molar-refractivity contribution in [2.45, 2.75) is 12.6 Å². The van der Waals surface area contributed by atoms with Gasteiger partial charge in [0, 0.05) is 20.3 Å². The molecule has 0 amide bonds. The van der Waals surface area contributed by atoms with Gasteiger partial charge in [0.1, 0.15) is 6.61 Å². The number of aromatic nitrogens is 3. The number of nitrogens with zero attached hydrogens (tertiary/aromatic N) is 3. The molecule has 0 aliphatic rings. The minimum absolute atomic E-state index is 0.252. The monoisotopic (exact) mass is 254 g/mol. The van der Waals surface area contributed by atoms with Crippen molar-refractivity contribution < 1.29 is 18.5 Å². The van der Waals surface area contributed by atoms with E-state index in [-0.39, 0.29) is 5.89 Å². The zero-order valence-electron chi connectivity index (χ0n) is 10.1. The Bertz CT molecular complexity index is 496. The maximum Gasteiger partial charge on any atom is 0.280 e. The Morgan fingerprint density at radius 2 is 2.11 bits per heavy atom. The molecule has 0 aliphatic carbocycles. The highest BCUT2D eigenvalue weighted by molar-refractivity contribution is 5.45. The van der Waals surface area contributed by atoms with Crippen LogP contribution >= 0.6 is 0 Å². The van der Waals surface area contributed by atoms with Gasteiger partial charge in [-0.3, -0.25) is 0 Å². The van der Waals surface area contributed by atoms with Crippen molar-refractivity contribution in [1.82, 2.24) is 15.3 Å². The molecular formula is C10H14N4O4. The summed E-state index contributed by atoms with van der Waals surface area (Å²) >= 11 is 0. The van der Waals surface area contributed by atoms with Crippen LogP contribution in [-0.4, -0.2) is 36.1 Å². The fourth-order valence-electron chi connectivity index (χ4n) is 1.37. The van der Waals surface area contributed by atoms with Crippen LogP contribution < -0.4 is 5.73 Å². The average Bonchev–Trinajstić information content (AvgIpc) is 2.97. The summed E-state index contributed by atoms with van der Waals surface area (Å²) in [4.78, 5) is 4.13. The van der Waals surface area contributed by atoms with Crippen LogP contribution in [0.3, 0.4) is 0 Å². The smallest absolute Gasteiger partial charge is 0.280 e. The highest BCUT2D eigenvalue weighted by atomic mass is 16.5. The van der Waals surface area contributed by atoms with Crippen LogP contribution in [0.1, 0.15) is 17.6 Å². The molecule has 0 aromatic carbocycles. The third kappa shape index (κ3) is 2.73. The second-order valence-electron chi connectivity index (χ2n) is 3.63. The van der Waals surface area contributed by atoms with Crippen molar-refractivity contribution in [3.63, 3.8) is 0 Å². The molecule has 0 saturated heterocycles. The summed E-state index contributed by atoms with van der Waals surface area (Å²) in [5, 5.41) is 7.56. The average molecular weight is 254 g/mol. The molecule has 8 heteroatoms. The van der Waals surface area contributed by atoms with Gasteiger partial charge in [0.2, 0.25) is 0 Å². The highest BCUT2D eigenvalue weighted by Crippen LogP contribution is 2.19. The summed E-state index contributed by atoms with van der Waals surface area (Å²) in [5.74, 6) is 1.19. The Balaban J connectivity index is 2.13. The highest BCUT2D eigenvalue weighted by Gasteiger charge is 2.17. The lowest BCUT2D eigenvalue weighted by molar-refractivity contribution is 0.156. The Kier molecular flexibility index (Phi) is 4.03.